The highest BCUT2D eigenvalue weighted by Gasteiger charge is 2.53. The monoisotopic (exact) mass is 340 g/mol. The molecule has 0 radical (unpaired) electrons. The molecule has 1 aromatic rings. The molecule has 5 nitrogen and oxygen atoms in total. The molecule has 2 N–H and O–H groups in total. The zero-order chi connectivity index (χ0) is 17.1. The van der Waals surface area contributed by atoms with Gasteiger partial charge in [0.25, 0.3) is 0 Å². The van der Waals surface area contributed by atoms with E-state index in [2.05, 4.69) is 56.9 Å². The van der Waals surface area contributed by atoms with Gasteiger partial charge in [0, 0.05) is 64.8 Å². The third-order valence-electron chi connectivity index (χ3n) is 6.00. The molecular formula is C20H28N4O. The topological polar surface area (TPSA) is 47.6 Å². The van der Waals surface area contributed by atoms with Gasteiger partial charge in [-0.3, -0.25) is 9.69 Å². The van der Waals surface area contributed by atoms with Crippen molar-refractivity contribution in [3.63, 3.8) is 0 Å². The van der Waals surface area contributed by atoms with Gasteiger partial charge >= 0.3 is 0 Å². The molecule has 1 aromatic carbocycles. The standard InChI is InChI=1S/C20H28N4O/c25-19(20-15-21-13-18(20)14-22-16-20)24-11-9-23(10-12-24)8-4-7-17-5-2-1-3-6-17/h1-7,18,21-22H,8-16H2/b7-4+. The first-order valence-corrected chi connectivity index (χ1v) is 9.43. The quantitative estimate of drug-likeness (QED) is 0.845. The third-order valence-corrected chi connectivity index (χ3v) is 6.00. The van der Waals surface area contributed by atoms with Gasteiger partial charge in [0.05, 0.1) is 5.41 Å². The van der Waals surface area contributed by atoms with Gasteiger partial charge in [0.15, 0.2) is 0 Å². The third kappa shape index (κ3) is 3.36. The molecule has 5 heteroatoms. The van der Waals surface area contributed by atoms with Gasteiger partial charge in [-0.25, -0.2) is 0 Å². The summed E-state index contributed by atoms with van der Waals surface area (Å²) in [6.45, 7) is 8.21. The summed E-state index contributed by atoms with van der Waals surface area (Å²) in [7, 11) is 0. The van der Waals surface area contributed by atoms with Crippen LogP contribution in [0, 0.1) is 11.3 Å². The Balaban J connectivity index is 1.28. The summed E-state index contributed by atoms with van der Waals surface area (Å²) >= 11 is 0. The Morgan fingerprint density at radius 3 is 2.44 bits per heavy atom. The van der Waals surface area contributed by atoms with E-state index in [1.54, 1.807) is 0 Å². The molecule has 0 unspecified atom stereocenters. The average Bonchev–Trinajstić information content (AvgIpc) is 3.24. The van der Waals surface area contributed by atoms with Crippen LogP contribution in [0.5, 0.6) is 0 Å². The lowest BCUT2D eigenvalue weighted by molar-refractivity contribution is -0.143. The molecule has 3 saturated heterocycles. The SMILES string of the molecule is O=C(N1CCN(C/C=C/c2ccccc2)CC1)C12CNCC1CNC2. The fraction of sp³-hybridized carbons (Fsp3) is 0.550. The molecule has 0 spiro atoms. The number of nitrogens with one attached hydrogen (secondary N) is 2. The van der Waals surface area contributed by atoms with Gasteiger partial charge in [-0.15, -0.1) is 0 Å². The first-order chi connectivity index (χ1) is 12.3. The zero-order valence-corrected chi connectivity index (χ0v) is 14.8. The fourth-order valence-electron chi connectivity index (χ4n) is 4.43. The second kappa shape index (κ2) is 7.28. The Morgan fingerprint density at radius 1 is 1.08 bits per heavy atom. The summed E-state index contributed by atoms with van der Waals surface area (Å²) in [4.78, 5) is 17.7. The zero-order valence-electron chi connectivity index (χ0n) is 14.8. The van der Waals surface area contributed by atoms with E-state index in [1.807, 2.05) is 6.07 Å². The first-order valence-electron chi connectivity index (χ1n) is 9.43. The summed E-state index contributed by atoms with van der Waals surface area (Å²) < 4.78 is 0. The predicted octanol–water partition coefficient (Wildman–Crippen LogP) is 0.653. The van der Waals surface area contributed by atoms with Gasteiger partial charge in [0.2, 0.25) is 5.91 Å². The van der Waals surface area contributed by atoms with E-state index in [-0.39, 0.29) is 5.41 Å². The van der Waals surface area contributed by atoms with Crippen LogP contribution in [0.3, 0.4) is 0 Å². The summed E-state index contributed by atoms with van der Waals surface area (Å²) in [6, 6.07) is 10.4. The van der Waals surface area contributed by atoms with Crippen LogP contribution in [-0.2, 0) is 4.79 Å². The van der Waals surface area contributed by atoms with E-state index in [4.69, 9.17) is 0 Å². The Hall–Kier alpha value is -1.69. The van der Waals surface area contributed by atoms with Crippen LogP contribution in [0.25, 0.3) is 6.08 Å². The molecule has 0 bridgehead atoms. The van der Waals surface area contributed by atoms with Crippen molar-refractivity contribution >= 4 is 12.0 Å². The van der Waals surface area contributed by atoms with Crippen molar-refractivity contribution in [3.8, 4) is 0 Å². The van der Waals surface area contributed by atoms with E-state index < -0.39 is 0 Å². The maximum Gasteiger partial charge on any atom is 0.231 e. The van der Waals surface area contributed by atoms with Crippen LogP contribution in [0.15, 0.2) is 36.4 Å². The molecule has 0 atom stereocenters. The molecule has 3 heterocycles. The Kier molecular flexibility index (Phi) is 4.88. The van der Waals surface area contributed by atoms with Gasteiger partial charge in [-0.2, -0.15) is 0 Å². The summed E-state index contributed by atoms with van der Waals surface area (Å²) in [6.07, 6.45) is 4.40. The number of carbonyl (C=O) groups is 1. The smallest absolute Gasteiger partial charge is 0.231 e. The van der Waals surface area contributed by atoms with Crippen LogP contribution in [-0.4, -0.2) is 74.6 Å². The molecule has 0 aliphatic carbocycles. The Morgan fingerprint density at radius 2 is 1.76 bits per heavy atom. The molecule has 134 valence electrons. The molecule has 4 rings (SSSR count). The number of carbonyl (C=O) groups excluding carboxylic acids is 1. The highest BCUT2D eigenvalue weighted by molar-refractivity contribution is 5.84. The lowest BCUT2D eigenvalue weighted by Gasteiger charge is -2.39. The van der Waals surface area contributed by atoms with Crippen LogP contribution >= 0.6 is 0 Å². The second-order valence-electron chi connectivity index (χ2n) is 7.52. The number of nitrogens with zero attached hydrogens (tertiary/aromatic N) is 2. The second-order valence-corrected chi connectivity index (χ2v) is 7.52. The van der Waals surface area contributed by atoms with Crippen LogP contribution in [0.4, 0.5) is 0 Å². The van der Waals surface area contributed by atoms with Crippen molar-refractivity contribution in [2.24, 2.45) is 11.3 Å². The normalized spacial score (nSPS) is 30.1. The van der Waals surface area contributed by atoms with Crippen LogP contribution in [0.2, 0.25) is 0 Å². The lowest BCUT2D eigenvalue weighted by atomic mass is 9.79. The Bertz CT molecular complexity index is 612. The average molecular weight is 340 g/mol. The van der Waals surface area contributed by atoms with Crippen molar-refractivity contribution in [2.75, 3.05) is 58.9 Å². The number of piperazine rings is 1. The number of hydrogen-bond donors (Lipinski definition) is 2. The minimum absolute atomic E-state index is 0.185. The summed E-state index contributed by atoms with van der Waals surface area (Å²) in [5.74, 6) is 0.832. The van der Waals surface area contributed by atoms with E-state index >= 15 is 0 Å². The minimum atomic E-state index is -0.185. The van der Waals surface area contributed by atoms with Gasteiger partial charge in [-0.05, 0) is 5.56 Å². The molecule has 25 heavy (non-hydrogen) atoms. The largest absolute Gasteiger partial charge is 0.340 e. The van der Waals surface area contributed by atoms with Gasteiger partial charge < -0.3 is 15.5 Å². The highest BCUT2D eigenvalue weighted by atomic mass is 16.2. The van der Waals surface area contributed by atoms with Crippen molar-refractivity contribution in [1.82, 2.24) is 20.4 Å². The lowest BCUT2D eigenvalue weighted by Crippen LogP contribution is -2.55. The van der Waals surface area contributed by atoms with Crippen LogP contribution < -0.4 is 10.6 Å². The predicted molar refractivity (Wildman–Crippen MR) is 100 cm³/mol. The minimum Gasteiger partial charge on any atom is -0.340 e. The van der Waals surface area contributed by atoms with E-state index in [9.17, 15) is 4.79 Å². The summed E-state index contributed by atoms with van der Waals surface area (Å²) in [5, 5.41) is 6.86. The molecule has 3 aliphatic rings. The molecule has 3 aliphatic heterocycles. The van der Waals surface area contributed by atoms with Crippen molar-refractivity contribution in [3.05, 3.63) is 42.0 Å². The van der Waals surface area contributed by atoms with Crippen molar-refractivity contribution in [1.29, 1.82) is 0 Å². The summed E-state index contributed by atoms with van der Waals surface area (Å²) in [5.41, 5.74) is 1.05. The Labute approximate surface area is 150 Å². The highest BCUT2D eigenvalue weighted by Crippen LogP contribution is 2.36. The van der Waals surface area contributed by atoms with Crippen molar-refractivity contribution in [2.45, 2.75) is 0 Å². The van der Waals surface area contributed by atoms with E-state index in [1.165, 1.54) is 5.56 Å². The molecule has 3 fully saturated rings. The van der Waals surface area contributed by atoms with Crippen molar-refractivity contribution < 1.29 is 4.79 Å². The number of rotatable bonds is 4. The fourth-order valence-corrected chi connectivity index (χ4v) is 4.43. The number of benzene rings is 1. The van der Waals surface area contributed by atoms with E-state index in [0.29, 0.717) is 11.8 Å². The van der Waals surface area contributed by atoms with Gasteiger partial charge in [-0.1, -0.05) is 42.5 Å². The van der Waals surface area contributed by atoms with Crippen LogP contribution in [0.1, 0.15) is 5.56 Å². The number of fused-ring (bicyclic) bond motifs is 1. The molecular weight excluding hydrogens is 312 g/mol. The molecule has 1 amide bonds. The molecule has 0 saturated carbocycles. The number of hydrogen-bond acceptors (Lipinski definition) is 4. The maximum atomic E-state index is 13.1. The first kappa shape index (κ1) is 16.8. The molecule has 0 aromatic heterocycles. The van der Waals surface area contributed by atoms with E-state index in [0.717, 1.165) is 58.9 Å². The van der Waals surface area contributed by atoms with Gasteiger partial charge in [0.1, 0.15) is 0 Å². The maximum absolute atomic E-state index is 13.1. The number of amides is 1.